The molecule has 0 aliphatic heterocycles. The van der Waals surface area contributed by atoms with Gasteiger partial charge in [-0.3, -0.25) is 4.90 Å². The smallest absolute Gasteiger partial charge is 0.172 e. The van der Waals surface area contributed by atoms with Gasteiger partial charge in [0.1, 0.15) is 11.5 Å². The first-order valence-electron chi connectivity index (χ1n) is 10.7. The highest BCUT2D eigenvalue weighted by molar-refractivity contribution is 5.88. The molecule has 0 heterocycles. The highest BCUT2D eigenvalue weighted by atomic mass is 16.5. The fourth-order valence-electron chi connectivity index (χ4n) is 4.12. The first-order valence-corrected chi connectivity index (χ1v) is 10.7. The number of benzene rings is 4. The van der Waals surface area contributed by atoms with Crippen LogP contribution in [0.25, 0.3) is 0 Å². The van der Waals surface area contributed by atoms with E-state index in [0.717, 1.165) is 22.3 Å². The second-order valence-electron chi connectivity index (χ2n) is 8.22. The molecule has 0 amide bonds. The van der Waals surface area contributed by atoms with Crippen LogP contribution in [0.1, 0.15) is 22.3 Å². The molecule has 33 heavy (non-hydrogen) atoms. The molecular weight excluding hydrogens is 414 g/mol. The maximum atomic E-state index is 10.9. The van der Waals surface area contributed by atoms with E-state index in [4.69, 9.17) is 4.74 Å². The Balaban J connectivity index is 1.97. The molecule has 0 atom stereocenters. The lowest BCUT2D eigenvalue weighted by atomic mass is 10.1. The molecule has 0 fully saturated rings. The van der Waals surface area contributed by atoms with Gasteiger partial charge in [0.2, 0.25) is 0 Å². The molecule has 0 radical (unpaired) electrons. The van der Waals surface area contributed by atoms with Gasteiger partial charge in [-0.1, -0.05) is 42.5 Å². The summed E-state index contributed by atoms with van der Waals surface area (Å²) in [5.74, 6) is 1.01. The molecule has 0 saturated heterocycles. The molecule has 0 aromatic heterocycles. The van der Waals surface area contributed by atoms with Gasteiger partial charge in [-0.25, -0.2) is 0 Å². The monoisotopic (exact) mass is 441 g/mol. The Kier molecular flexibility index (Phi) is 5.88. The highest BCUT2D eigenvalue weighted by Crippen LogP contribution is 2.50. The number of hydrogen-bond donors (Lipinski definition) is 3. The first-order chi connectivity index (χ1) is 15.8. The number of anilines is 3. The molecule has 0 aliphatic carbocycles. The quantitative estimate of drug-likeness (QED) is 0.303. The van der Waals surface area contributed by atoms with Crippen LogP contribution < -0.4 is 9.64 Å². The summed E-state index contributed by atoms with van der Waals surface area (Å²) in [4.78, 5) is 1.80. The van der Waals surface area contributed by atoms with Gasteiger partial charge in [0.15, 0.2) is 17.2 Å². The molecule has 5 nitrogen and oxygen atoms in total. The molecule has 0 spiro atoms. The average molecular weight is 442 g/mol. The average Bonchev–Trinajstić information content (AvgIpc) is 2.75. The van der Waals surface area contributed by atoms with Crippen molar-refractivity contribution in [1.82, 2.24) is 0 Å². The Hall–Kier alpha value is -4.12. The van der Waals surface area contributed by atoms with E-state index >= 15 is 0 Å². The summed E-state index contributed by atoms with van der Waals surface area (Å²) in [7, 11) is 0. The molecule has 3 N–H and O–H groups in total. The molecule has 4 aromatic carbocycles. The number of phenols is 3. The van der Waals surface area contributed by atoms with Crippen molar-refractivity contribution in [1.29, 1.82) is 0 Å². The Morgan fingerprint density at radius 1 is 0.606 bits per heavy atom. The van der Waals surface area contributed by atoms with Gasteiger partial charge in [-0.15, -0.1) is 0 Å². The number of hydrogen-bond acceptors (Lipinski definition) is 5. The van der Waals surface area contributed by atoms with Crippen LogP contribution in [0.5, 0.6) is 28.7 Å². The van der Waals surface area contributed by atoms with Gasteiger partial charge >= 0.3 is 0 Å². The van der Waals surface area contributed by atoms with Crippen molar-refractivity contribution in [2.45, 2.75) is 27.7 Å². The molecule has 0 unspecified atom stereocenters. The second kappa shape index (κ2) is 8.79. The summed E-state index contributed by atoms with van der Waals surface area (Å²) in [6, 6.07) is 21.5. The van der Waals surface area contributed by atoms with E-state index < -0.39 is 0 Å². The minimum atomic E-state index is 0.0475. The van der Waals surface area contributed by atoms with Crippen molar-refractivity contribution in [3.05, 3.63) is 95.1 Å². The van der Waals surface area contributed by atoms with Crippen molar-refractivity contribution in [2.24, 2.45) is 0 Å². The topological polar surface area (TPSA) is 73.2 Å². The van der Waals surface area contributed by atoms with Crippen LogP contribution in [0.4, 0.5) is 17.1 Å². The Labute approximate surface area is 193 Å². The zero-order valence-electron chi connectivity index (χ0n) is 19.1. The zero-order valence-corrected chi connectivity index (χ0v) is 19.1. The number of rotatable bonds is 5. The molecule has 168 valence electrons. The summed E-state index contributed by atoms with van der Waals surface area (Å²) < 4.78 is 6.25. The third kappa shape index (κ3) is 4.17. The maximum absolute atomic E-state index is 10.9. The third-order valence-corrected chi connectivity index (χ3v) is 5.60. The summed E-state index contributed by atoms with van der Waals surface area (Å²) in [6.45, 7) is 7.59. The van der Waals surface area contributed by atoms with E-state index in [1.165, 1.54) is 0 Å². The van der Waals surface area contributed by atoms with Crippen molar-refractivity contribution in [3.63, 3.8) is 0 Å². The van der Waals surface area contributed by atoms with Gasteiger partial charge in [0.05, 0.1) is 17.1 Å². The van der Waals surface area contributed by atoms with E-state index in [9.17, 15) is 15.3 Å². The summed E-state index contributed by atoms with van der Waals surface area (Å²) in [5, 5.41) is 32.3. The van der Waals surface area contributed by atoms with Crippen LogP contribution in [-0.2, 0) is 0 Å². The van der Waals surface area contributed by atoms with Gasteiger partial charge in [0, 0.05) is 0 Å². The molecular formula is C28H27NO4. The lowest BCUT2D eigenvalue weighted by Gasteiger charge is -2.31. The minimum Gasteiger partial charge on any atom is -0.506 e. The van der Waals surface area contributed by atoms with Gasteiger partial charge in [-0.05, 0) is 80.3 Å². The van der Waals surface area contributed by atoms with Gasteiger partial charge < -0.3 is 20.1 Å². The maximum Gasteiger partial charge on any atom is 0.172 e. The zero-order chi connectivity index (χ0) is 23.7. The molecule has 4 rings (SSSR count). The van der Waals surface area contributed by atoms with Crippen LogP contribution in [-0.4, -0.2) is 15.3 Å². The van der Waals surface area contributed by atoms with Gasteiger partial charge in [0.25, 0.3) is 0 Å². The fraction of sp³-hybridized carbons (Fsp3) is 0.143. The van der Waals surface area contributed by atoms with E-state index in [-0.39, 0.29) is 17.2 Å². The molecule has 5 heteroatoms. The first kappa shape index (κ1) is 22.1. The van der Waals surface area contributed by atoms with Crippen LogP contribution >= 0.6 is 0 Å². The molecule has 0 bridgehead atoms. The summed E-state index contributed by atoms with van der Waals surface area (Å²) >= 11 is 0. The number of ether oxygens (including phenoxy) is 1. The lowest BCUT2D eigenvalue weighted by Crippen LogP contribution is -2.14. The van der Waals surface area contributed by atoms with Gasteiger partial charge in [-0.2, -0.15) is 0 Å². The number of para-hydroxylation sites is 4. The minimum absolute atomic E-state index is 0.0475. The highest BCUT2D eigenvalue weighted by Gasteiger charge is 2.25. The lowest BCUT2D eigenvalue weighted by molar-refractivity contribution is 0.409. The summed E-state index contributed by atoms with van der Waals surface area (Å²) in [6.07, 6.45) is 0. The number of aryl methyl sites for hydroxylation is 4. The van der Waals surface area contributed by atoms with E-state index in [1.807, 2.05) is 64.1 Å². The van der Waals surface area contributed by atoms with E-state index in [0.29, 0.717) is 28.6 Å². The van der Waals surface area contributed by atoms with Crippen LogP contribution in [0, 0.1) is 27.7 Å². The molecule has 0 aliphatic rings. The summed E-state index contributed by atoms with van der Waals surface area (Å²) in [5.41, 5.74) is 5.04. The Morgan fingerprint density at radius 3 is 1.73 bits per heavy atom. The van der Waals surface area contributed by atoms with E-state index in [1.54, 1.807) is 41.3 Å². The number of nitrogens with zero attached hydrogens (tertiary/aromatic N) is 1. The number of phenolic OH excluding ortho intramolecular Hbond substituents is 3. The SMILES string of the molecule is Cc1cc(C)c(Oc2ccccc2N(c2c(C)cccc2O)c2c(C)cccc2O)c(O)c1. The van der Waals surface area contributed by atoms with Crippen LogP contribution in [0.15, 0.2) is 72.8 Å². The van der Waals surface area contributed by atoms with Crippen molar-refractivity contribution < 1.29 is 20.1 Å². The van der Waals surface area contributed by atoms with E-state index in [2.05, 4.69) is 0 Å². The fourth-order valence-corrected chi connectivity index (χ4v) is 4.12. The van der Waals surface area contributed by atoms with Crippen molar-refractivity contribution in [2.75, 3.05) is 4.90 Å². The van der Waals surface area contributed by atoms with Crippen LogP contribution in [0.2, 0.25) is 0 Å². The largest absolute Gasteiger partial charge is 0.506 e. The number of aromatic hydroxyl groups is 3. The second-order valence-corrected chi connectivity index (χ2v) is 8.22. The Morgan fingerprint density at radius 2 is 1.18 bits per heavy atom. The normalized spacial score (nSPS) is 10.8. The predicted molar refractivity (Wildman–Crippen MR) is 132 cm³/mol. The van der Waals surface area contributed by atoms with Crippen molar-refractivity contribution in [3.8, 4) is 28.7 Å². The van der Waals surface area contributed by atoms with Crippen molar-refractivity contribution >= 4 is 17.1 Å². The van der Waals surface area contributed by atoms with Crippen LogP contribution in [0.3, 0.4) is 0 Å². The third-order valence-electron chi connectivity index (χ3n) is 5.60. The standard InChI is InChI=1S/C28H27NO4/c1-17-15-20(4)28(24(32)16-17)33-25-14-6-5-11-21(25)29(26-18(2)9-7-12-22(26)30)27-19(3)10-8-13-23(27)31/h5-16,30-32H,1-4H3. The Bertz CT molecular complexity index is 1210. The molecule has 4 aromatic rings. The predicted octanol–water partition coefficient (Wildman–Crippen LogP) is 7.30. The molecule has 0 saturated carbocycles.